The van der Waals surface area contributed by atoms with Crippen LogP contribution in [0.5, 0.6) is 0 Å². The molecule has 0 atom stereocenters. The Kier molecular flexibility index (Phi) is 3.51. The van der Waals surface area contributed by atoms with Crippen molar-refractivity contribution >= 4 is 27.3 Å². The first-order valence-corrected chi connectivity index (χ1v) is 7.53. The zero-order valence-electron chi connectivity index (χ0n) is 10.9. The van der Waals surface area contributed by atoms with Gasteiger partial charge in [-0.3, -0.25) is 4.79 Å². The number of anilines is 2. The average molecular weight is 283 g/mol. The van der Waals surface area contributed by atoms with Crippen molar-refractivity contribution in [3.63, 3.8) is 0 Å². The third-order valence-corrected chi connectivity index (χ3v) is 4.54. The number of carbonyl (C=O) groups is 1. The molecule has 1 heterocycles. The molecule has 0 aliphatic carbocycles. The Labute approximate surface area is 112 Å². The predicted molar refractivity (Wildman–Crippen MR) is 73.4 cm³/mol. The maximum Gasteiger partial charge on any atom is 0.240 e. The number of nitrogen functional groups attached to an aromatic ring is 1. The molecule has 0 radical (unpaired) electrons. The zero-order chi connectivity index (χ0) is 14.2. The largest absolute Gasteiger partial charge is 0.397 e. The minimum atomic E-state index is -3.56. The number of amides is 1. The van der Waals surface area contributed by atoms with Crippen molar-refractivity contribution in [3.8, 4) is 0 Å². The lowest BCUT2D eigenvalue weighted by Crippen LogP contribution is -2.24. The van der Waals surface area contributed by atoms with Crippen LogP contribution in [0.25, 0.3) is 0 Å². The van der Waals surface area contributed by atoms with Crippen LogP contribution in [-0.4, -0.2) is 27.9 Å². The summed E-state index contributed by atoms with van der Waals surface area (Å²) in [5.74, 6) is -0.0854. The fourth-order valence-corrected chi connectivity index (χ4v) is 3.33. The topological polar surface area (TPSA) is 92.5 Å². The third-order valence-electron chi connectivity index (χ3n) is 3.10. The van der Waals surface area contributed by atoms with Gasteiger partial charge in [0.2, 0.25) is 15.9 Å². The molecule has 7 heteroatoms. The van der Waals surface area contributed by atoms with E-state index >= 15 is 0 Å². The van der Waals surface area contributed by atoms with Crippen LogP contribution in [0.4, 0.5) is 11.4 Å². The van der Waals surface area contributed by atoms with Crippen molar-refractivity contribution in [1.29, 1.82) is 0 Å². The van der Waals surface area contributed by atoms with E-state index < -0.39 is 10.0 Å². The summed E-state index contributed by atoms with van der Waals surface area (Å²) < 4.78 is 26.6. The molecule has 1 amide bonds. The second-order valence-corrected chi connectivity index (χ2v) is 6.31. The Balaban J connectivity index is 2.45. The molecule has 2 rings (SSSR count). The summed E-state index contributed by atoms with van der Waals surface area (Å²) in [6.07, 6.45) is 0.897. The number of nitrogens with zero attached hydrogens (tertiary/aromatic N) is 1. The van der Waals surface area contributed by atoms with E-state index in [4.69, 9.17) is 5.73 Å². The molecule has 3 N–H and O–H groups in total. The molecule has 6 nitrogen and oxygen atoms in total. The number of carbonyl (C=O) groups excluding carboxylic acids is 1. The number of fused-ring (bicyclic) bond motifs is 1. The molecule has 0 unspecified atom stereocenters. The first-order valence-electron chi connectivity index (χ1n) is 6.05. The van der Waals surface area contributed by atoms with E-state index in [0.717, 1.165) is 0 Å². The predicted octanol–water partition coefficient (Wildman–Crippen LogP) is 0.476. The van der Waals surface area contributed by atoms with Gasteiger partial charge < -0.3 is 10.6 Å². The molecular weight excluding hydrogens is 266 g/mol. The van der Waals surface area contributed by atoms with Crippen molar-refractivity contribution < 1.29 is 13.2 Å². The van der Waals surface area contributed by atoms with E-state index in [-0.39, 0.29) is 17.2 Å². The first kappa shape index (κ1) is 13.8. The van der Waals surface area contributed by atoms with Crippen LogP contribution in [0.3, 0.4) is 0 Å². The number of nitrogens with two attached hydrogens (primary N) is 1. The fourth-order valence-electron chi connectivity index (χ4n) is 2.11. The maximum atomic E-state index is 12.0. The Morgan fingerprint density at radius 3 is 2.74 bits per heavy atom. The number of sulfonamides is 1. The summed E-state index contributed by atoms with van der Waals surface area (Å²) in [6.45, 7) is 2.26. The first-order chi connectivity index (χ1) is 8.86. The number of rotatable bonds is 4. The number of likely N-dealkylation sites (N-methyl/N-ethyl adjacent to an activating group) is 1. The molecule has 0 saturated heterocycles. The number of benzene rings is 1. The van der Waals surface area contributed by atoms with Crippen LogP contribution >= 0.6 is 0 Å². The van der Waals surface area contributed by atoms with Gasteiger partial charge in [-0.05, 0) is 24.1 Å². The van der Waals surface area contributed by atoms with Crippen LogP contribution in [-0.2, 0) is 21.2 Å². The molecule has 1 aliphatic rings. The monoisotopic (exact) mass is 283 g/mol. The molecule has 104 valence electrons. The van der Waals surface area contributed by atoms with Gasteiger partial charge in [0.15, 0.2) is 0 Å². The molecule has 1 aliphatic heterocycles. The fraction of sp³-hybridized carbons (Fsp3) is 0.417. The van der Waals surface area contributed by atoms with Crippen molar-refractivity contribution in [1.82, 2.24) is 4.72 Å². The van der Waals surface area contributed by atoms with Gasteiger partial charge in [-0.25, -0.2) is 13.1 Å². The SMILES string of the molecule is CCCNS(=O)(=O)c1cc(N)c2c(c1)CC(=O)N2C. The highest BCUT2D eigenvalue weighted by molar-refractivity contribution is 7.89. The summed E-state index contributed by atoms with van der Waals surface area (Å²) >= 11 is 0. The molecule has 1 aromatic rings. The second kappa shape index (κ2) is 4.82. The van der Waals surface area contributed by atoms with Crippen LogP contribution < -0.4 is 15.4 Å². The standard InChI is InChI=1S/C12H17N3O3S/c1-3-4-14-19(17,18)9-5-8-6-11(16)15(2)12(8)10(13)7-9/h5,7,14H,3-4,6,13H2,1-2H3. The summed E-state index contributed by atoms with van der Waals surface area (Å²) in [7, 11) is -1.93. The average Bonchev–Trinajstić information content (AvgIpc) is 2.63. The Morgan fingerprint density at radius 2 is 2.11 bits per heavy atom. The van der Waals surface area contributed by atoms with Gasteiger partial charge in [-0.15, -0.1) is 0 Å². The van der Waals surface area contributed by atoms with Crippen molar-refractivity contribution in [2.75, 3.05) is 24.2 Å². The highest BCUT2D eigenvalue weighted by Gasteiger charge is 2.28. The van der Waals surface area contributed by atoms with E-state index in [2.05, 4.69) is 4.72 Å². The van der Waals surface area contributed by atoms with Gasteiger partial charge in [0.05, 0.1) is 22.7 Å². The number of hydrogen-bond donors (Lipinski definition) is 2. The Bertz CT molecular complexity index is 625. The zero-order valence-corrected chi connectivity index (χ0v) is 11.8. The normalized spacial score (nSPS) is 14.8. The molecule has 0 fully saturated rings. The number of hydrogen-bond acceptors (Lipinski definition) is 4. The van der Waals surface area contributed by atoms with Crippen LogP contribution in [0.2, 0.25) is 0 Å². The van der Waals surface area contributed by atoms with Crippen LogP contribution in [0.15, 0.2) is 17.0 Å². The smallest absolute Gasteiger partial charge is 0.240 e. The second-order valence-electron chi connectivity index (χ2n) is 4.55. The molecule has 0 bridgehead atoms. The van der Waals surface area contributed by atoms with Gasteiger partial charge in [0.1, 0.15) is 0 Å². The molecule has 1 aromatic carbocycles. The van der Waals surface area contributed by atoms with E-state index in [1.807, 2.05) is 6.92 Å². The summed E-state index contributed by atoms with van der Waals surface area (Å²) in [5, 5.41) is 0. The molecule has 0 saturated carbocycles. The summed E-state index contributed by atoms with van der Waals surface area (Å²) in [6, 6.07) is 2.91. The lowest BCUT2D eigenvalue weighted by Gasteiger charge is -2.14. The van der Waals surface area contributed by atoms with Gasteiger partial charge >= 0.3 is 0 Å². The molecular formula is C12H17N3O3S. The van der Waals surface area contributed by atoms with Gasteiger partial charge in [0, 0.05) is 13.6 Å². The number of nitrogens with one attached hydrogen (secondary N) is 1. The lowest BCUT2D eigenvalue weighted by atomic mass is 10.1. The Morgan fingerprint density at radius 1 is 1.42 bits per heavy atom. The van der Waals surface area contributed by atoms with Gasteiger partial charge in [-0.1, -0.05) is 6.92 Å². The van der Waals surface area contributed by atoms with E-state index in [1.165, 1.54) is 17.0 Å². The van der Waals surface area contributed by atoms with Crippen molar-refractivity contribution in [3.05, 3.63) is 17.7 Å². The lowest BCUT2D eigenvalue weighted by molar-refractivity contribution is -0.117. The highest BCUT2D eigenvalue weighted by atomic mass is 32.2. The quantitative estimate of drug-likeness (QED) is 0.786. The molecule has 0 spiro atoms. The van der Waals surface area contributed by atoms with Crippen molar-refractivity contribution in [2.45, 2.75) is 24.7 Å². The van der Waals surface area contributed by atoms with Gasteiger partial charge in [-0.2, -0.15) is 0 Å². The molecule has 0 aromatic heterocycles. The minimum absolute atomic E-state index is 0.0854. The van der Waals surface area contributed by atoms with Crippen LogP contribution in [0.1, 0.15) is 18.9 Å². The minimum Gasteiger partial charge on any atom is -0.397 e. The van der Waals surface area contributed by atoms with Crippen LogP contribution in [0, 0.1) is 0 Å². The van der Waals surface area contributed by atoms with Crippen molar-refractivity contribution in [2.24, 2.45) is 0 Å². The molecule has 19 heavy (non-hydrogen) atoms. The van der Waals surface area contributed by atoms with E-state index in [1.54, 1.807) is 7.05 Å². The highest BCUT2D eigenvalue weighted by Crippen LogP contribution is 2.35. The third kappa shape index (κ3) is 2.43. The summed E-state index contributed by atoms with van der Waals surface area (Å²) in [4.78, 5) is 13.2. The summed E-state index contributed by atoms with van der Waals surface area (Å²) in [5.41, 5.74) is 7.44. The maximum absolute atomic E-state index is 12.0. The Hall–Kier alpha value is -1.60. The van der Waals surface area contributed by atoms with E-state index in [9.17, 15) is 13.2 Å². The van der Waals surface area contributed by atoms with Gasteiger partial charge in [0.25, 0.3) is 0 Å². The van der Waals surface area contributed by atoms with E-state index in [0.29, 0.717) is 29.9 Å².